The van der Waals surface area contributed by atoms with Crippen molar-refractivity contribution in [1.29, 1.82) is 0 Å². The Morgan fingerprint density at radius 1 is 1.12 bits per heavy atom. The molecule has 2 fully saturated rings. The van der Waals surface area contributed by atoms with Gasteiger partial charge in [0.25, 0.3) is 0 Å². The zero-order valence-electron chi connectivity index (χ0n) is 11.0. The summed E-state index contributed by atoms with van der Waals surface area (Å²) in [5, 5.41) is 3.47. The van der Waals surface area contributed by atoms with Crippen molar-refractivity contribution in [2.45, 2.75) is 26.7 Å². The van der Waals surface area contributed by atoms with Gasteiger partial charge in [-0.15, -0.1) is 0 Å². The molecule has 2 aliphatic heterocycles. The van der Waals surface area contributed by atoms with E-state index in [2.05, 4.69) is 29.0 Å². The van der Waals surface area contributed by atoms with Crippen molar-refractivity contribution >= 4 is 0 Å². The van der Waals surface area contributed by atoms with E-state index in [9.17, 15) is 0 Å². The summed E-state index contributed by atoms with van der Waals surface area (Å²) < 4.78 is 0. The molecular formula is C13H27N3. The number of hydrogen-bond acceptors (Lipinski definition) is 3. The van der Waals surface area contributed by atoms with E-state index in [-0.39, 0.29) is 0 Å². The van der Waals surface area contributed by atoms with Crippen LogP contribution in [0.5, 0.6) is 0 Å². The van der Waals surface area contributed by atoms with Crippen molar-refractivity contribution in [1.82, 2.24) is 15.1 Å². The summed E-state index contributed by atoms with van der Waals surface area (Å²) in [4.78, 5) is 5.18. The molecule has 94 valence electrons. The highest BCUT2D eigenvalue weighted by molar-refractivity contribution is 4.91. The first-order valence-corrected chi connectivity index (χ1v) is 6.87. The van der Waals surface area contributed by atoms with Gasteiger partial charge in [-0.25, -0.2) is 0 Å². The third-order valence-corrected chi connectivity index (χ3v) is 4.12. The van der Waals surface area contributed by atoms with Crippen molar-refractivity contribution in [3.05, 3.63) is 0 Å². The molecule has 0 aliphatic carbocycles. The molecule has 0 saturated carbocycles. The number of hydrogen-bond donors (Lipinski definition) is 1. The maximum atomic E-state index is 3.47. The van der Waals surface area contributed by atoms with Gasteiger partial charge in [0.05, 0.1) is 0 Å². The van der Waals surface area contributed by atoms with E-state index in [1.807, 2.05) is 0 Å². The molecule has 2 rings (SSSR count). The average molecular weight is 225 g/mol. The number of nitrogens with one attached hydrogen (secondary N) is 1. The molecule has 3 heteroatoms. The Bertz CT molecular complexity index is 203. The molecular weight excluding hydrogens is 198 g/mol. The van der Waals surface area contributed by atoms with Gasteiger partial charge in [-0.1, -0.05) is 13.8 Å². The maximum absolute atomic E-state index is 3.47. The van der Waals surface area contributed by atoms with Crippen LogP contribution in [0.4, 0.5) is 0 Å². The van der Waals surface area contributed by atoms with Crippen molar-refractivity contribution < 1.29 is 0 Å². The molecule has 0 amide bonds. The van der Waals surface area contributed by atoms with Crippen LogP contribution >= 0.6 is 0 Å². The molecule has 0 radical (unpaired) electrons. The minimum atomic E-state index is 0.607. The van der Waals surface area contributed by atoms with Crippen LogP contribution in [0.25, 0.3) is 0 Å². The lowest BCUT2D eigenvalue weighted by molar-refractivity contribution is 0.00625. The second-order valence-electron chi connectivity index (χ2n) is 5.81. The van der Waals surface area contributed by atoms with Crippen LogP contribution in [-0.2, 0) is 0 Å². The fraction of sp³-hybridized carbons (Fsp3) is 1.00. The zero-order valence-corrected chi connectivity index (χ0v) is 11.0. The Hall–Kier alpha value is -0.120. The normalized spacial score (nSPS) is 27.4. The molecule has 3 nitrogen and oxygen atoms in total. The fourth-order valence-electron chi connectivity index (χ4n) is 2.97. The van der Waals surface area contributed by atoms with E-state index < -0.39 is 0 Å². The predicted octanol–water partition coefficient (Wildman–Crippen LogP) is 1.01. The van der Waals surface area contributed by atoms with Gasteiger partial charge in [0.1, 0.15) is 0 Å². The zero-order chi connectivity index (χ0) is 11.4. The summed E-state index contributed by atoms with van der Waals surface area (Å²) in [6.07, 6.45) is 2.70. The standard InChI is InChI=1S/C13H27N3/c1-3-15-11-13(2,12-15)5-9-16-8-4-6-14-7-10-16/h14H,3-12H2,1-2H3. The van der Waals surface area contributed by atoms with Gasteiger partial charge in [-0.3, -0.25) is 0 Å². The van der Waals surface area contributed by atoms with E-state index in [4.69, 9.17) is 0 Å². The lowest BCUT2D eigenvalue weighted by Gasteiger charge is -2.48. The molecule has 0 bridgehead atoms. The first kappa shape index (κ1) is 12.3. The van der Waals surface area contributed by atoms with Crippen molar-refractivity contribution in [2.75, 3.05) is 52.4 Å². The van der Waals surface area contributed by atoms with Crippen molar-refractivity contribution in [3.8, 4) is 0 Å². The first-order valence-electron chi connectivity index (χ1n) is 6.87. The number of likely N-dealkylation sites (tertiary alicyclic amines) is 1. The summed E-state index contributed by atoms with van der Waals surface area (Å²) >= 11 is 0. The Kier molecular flexibility index (Phi) is 4.22. The van der Waals surface area contributed by atoms with E-state index in [0.29, 0.717) is 5.41 Å². The molecule has 2 heterocycles. The van der Waals surface area contributed by atoms with E-state index in [0.717, 1.165) is 0 Å². The van der Waals surface area contributed by atoms with E-state index >= 15 is 0 Å². The van der Waals surface area contributed by atoms with Gasteiger partial charge in [0, 0.05) is 26.2 Å². The third-order valence-electron chi connectivity index (χ3n) is 4.12. The summed E-state index contributed by atoms with van der Waals surface area (Å²) in [6.45, 7) is 14.8. The van der Waals surface area contributed by atoms with Crippen LogP contribution in [0.2, 0.25) is 0 Å². The first-order chi connectivity index (χ1) is 7.72. The van der Waals surface area contributed by atoms with Gasteiger partial charge in [-0.05, 0) is 44.4 Å². The quantitative estimate of drug-likeness (QED) is 0.770. The molecule has 16 heavy (non-hydrogen) atoms. The molecule has 2 saturated heterocycles. The largest absolute Gasteiger partial charge is 0.315 e. The van der Waals surface area contributed by atoms with Gasteiger partial charge in [0.15, 0.2) is 0 Å². The molecule has 0 spiro atoms. The van der Waals surface area contributed by atoms with Gasteiger partial charge < -0.3 is 15.1 Å². The van der Waals surface area contributed by atoms with Crippen LogP contribution in [0.1, 0.15) is 26.7 Å². The number of rotatable bonds is 4. The highest BCUT2D eigenvalue weighted by Crippen LogP contribution is 2.33. The summed E-state index contributed by atoms with van der Waals surface area (Å²) in [6, 6.07) is 0. The molecule has 0 aromatic carbocycles. The Morgan fingerprint density at radius 3 is 2.69 bits per heavy atom. The molecule has 0 unspecified atom stereocenters. The minimum absolute atomic E-state index is 0.607. The van der Waals surface area contributed by atoms with Crippen molar-refractivity contribution in [2.24, 2.45) is 5.41 Å². The van der Waals surface area contributed by atoms with Crippen LogP contribution < -0.4 is 5.32 Å². The highest BCUT2D eigenvalue weighted by atomic mass is 15.2. The molecule has 2 aliphatic rings. The Balaban J connectivity index is 1.66. The second kappa shape index (κ2) is 5.48. The highest BCUT2D eigenvalue weighted by Gasteiger charge is 2.37. The number of nitrogens with zero attached hydrogens (tertiary/aromatic N) is 2. The van der Waals surface area contributed by atoms with E-state index in [1.165, 1.54) is 65.2 Å². The van der Waals surface area contributed by atoms with Gasteiger partial charge >= 0.3 is 0 Å². The second-order valence-corrected chi connectivity index (χ2v) is 5.81. The topological polar surface area (TPSA) is 18.5 Å². The fourth-order valence-corrected chi connectivity index (χ4v) is 2.97. The maximum Gasteiger partial charge on any atom is 0.0107 e. The smallest absolute Gasteiger partial charge is 0.0107 e. The van der Waals surface area contributed by atoms with E-state index in [1.54, 1.807) is 0 Å². The third kappa shape index (κ3) is 3.19. The SMILES string of the molecule is CCN1CC(C)(CCN2CCCNCC2)C1. The summed E-state index contributed by atoms with van der Waals surface area (Å²) in [5.41, 5.74) is 0.607. The summed E-state index contributed by atoms with van der Waals surface area (Å²) in [7, 11) is 0. The Morgan fingerprint density at radius 2 is 1.94 bits per heavy atom. The monoisotopic (exact) mass is 225 g/mol. The van der Waals surface area contributed by atoms with Crippen molar-refractivity contribution in [3.63, 3.8) is 0 Å². The molecule has 0 aromatic heterocycles. The van der Waals surface area contributed by atoms with Crippen LogP contribution in [0, 0.1) is 5.41 Å². The van der Waals surface area contributed by atoms with Crippen LogP contribution in [-0.4, -0.2) is 62.2 Å². The lowest BCUT2D eigenvalue weighted by Crippen LogP contribution is -2.55. The van der Waals surface area contributed by atoms with Crippen LogP contribution in [0.3, 0.4) is 0 Å². The lowest BCUT2D eigenvalue weighted by atomic mass is 9.79. The van der Waals surface area contributed by atoms with Crippen LogP contribution in [0.15, 0.2) is 0 Å². The predicted molar refractivity (Wildman–Crippen MR) is 68.8 cm³/mol. The molecule has 0 aromatic rings. The molecule has 1 N–H and O–H groups in total. The Labute approximate surface area is 100 Å². The minimum Gasteiger partial charge on any atom is -0.315 e. The molecule has 0 atom stereocenters. The van der Waals surface area contributed by atoms with Gasteiger partial charge in [0.2, 0.25) is 0 Å². The summed E-state index contributed by atoms with van der Waals surface area (Å²) in [5.74, 6) is 0. The van der Waals surface area contributed by atoms with Gasteiger partial charge in [-0.2, -0.15) is 0 Å². The average Bonchev–Trinajstić information content (AvgIpc) is 2.50.